The molecule has 0 fully saturated rings. The van der Waals surface area contributed by atoms with Gasteiger partial charge >= 0.3 is 6.43 Å². The largest absolute Gasteiger partial charge is 0.451 e. The Kier molecular flexibility index (Phi) is 5.51. The first-order valence-corrected chi connectivity index (χ1v) is 7.93. The Labute approximate surface area is 128 Å². The van der Waals surface area contributed by atoms with Gasteiger partial charge in [-0.3, -0.25) is 4.79 Å². The smallest absolute Gasteiger partial charge is 0.304 e. The van der Waals surface area contributed by atoms with E-state index in [1.165, 1.54) is 6.92 Å². The minimum absolute atomic E-state index is 0.0395. The monoisotopic (exact) mass is 364 g/mol. The number of hydrogen-bond donors (Lipinski definition) is 0. The van der Waals surface area contributed by atoms with Crippen LogP contribution in [0.2, 0.25) is 5.02 Å². The molecule has 118 valence electrons. The van der Waals surface area contributed by atoms with Crippen LogP contribution in [0.15, 0.2) is 11.0 Å². The van der Waals surface area contributed by atoms with Gasteiger partial charge in [-0.05, 0) is 30.2 Å². The second-order valence-corrected chi connectivity index (χ2v) is 6.74. The average molecular weight is 365 g/mol. The van der Waals surface area contributed by atoms with Crippen molar-refractivity contribution < 1.29 is 31.1 Å². The number of halogens is 5. The van der Waals surface area contributed by atoms with Crippen LogP contribution >= 0.6 is 23.2 Å². The summed E-state index contributed by atoms with van der Waals surface area (Å²) in [6.45, 7) is 1.26. The van der Waals surface area contributed by atoms with Crippen molar-refractivity contribution in [3.63, 3.8) is 0 Å². The Morgan fingerprint density at radius 1 is 1.33 bits per heavy atom. The van der Waals surface area contributed by atoms with Crippen LogP contribution in [0.1, 0.15) is 15.9 Å². The van der Waals surface area contributed by atoms with E-state index in [1.54, 1.807) is 0 Å². The van der Waals surface area contributed by atoms with Crippen LogP contribution in [0, 0.1) is 6.92 Å². The van der Waals surface area contributed by atoms with Gasteiger partial charge in [-0.1, -0.05) is 11.6 Å². The molecule has 0 aliphatic carbocycles. The van der Waals surface area contributed by atoms with E-state index in [0.29, 0.717) is 0 Å². The quantitative estimate of drug-likeness (QED) is 0.751. The Balaban J connectivity index is 3.66. The molecule has 0 heterocycles. The van der Waals surface area contributed by atoms with Gasteiger partial charge in [0.25, 0.3) is 11.6 Å². The fourth-order valence-corrected chi connectivity index (χ4v) is 3.28. The van der Waals surface area contributed by atoms with Crippen molar-refractivity contribution in [1.29, 1.82) is 0 Å². The molecule has 0 aromatic heterocycles. The molecule has 0 spiro atoms. The topological polar surface area (TPSA) is 60.4 Å². The summed E-state index contributed by atoms with van der Waals surface area (Å²) in [5.41, 5.74) is -0.415. The molecule has 1 aromatic rings. The van der Waals surface area contributed by atoms with E-state index < -0.39 is 43.5 Å². The first-order chi connectivity index (χ1) is 9.46. The first kappa shape index (κ1) is 18.1. The van der Waals surface area contributed by atoms with E-state index in [-0.39, 0.29) is 11.1 Å². The molecule has 21 heavy (non-hydrogen) atoms. The van der Waals surface area contributed by atoms with Gasteiger partial charge < -0.3 is 4.74 Å². The summed E-state index contributed by atoms with van der Waals surface area (Å²) in [5.74, 6) is -0.865. The van der Waals surface area contributed by atoms with Crippen LogP contribution in [0.3, 0.4) is 0 Å². The molecule has 4 nitrogen and oxygen atoms in total. The maximum absolute atomic E-state index is 13.1. The molecular formula is C11H9Cl2F3O4S. The Morgan fingerprint density at radius 3 is 2.24 bits per heavy atom. The standard InChI is InChI=1S/C11H9Cl2F3O4S/c1-4-3-5(9(13)17)6(12)7(8(4)21(2,18)19)20-11(16)10(14)15/h3,10-11H,1-2H3. The van der Waals surface area contributed by atoms with E-state index in [1.807, 2.05) is 0 Å². The maximum Gasteiger partial charge on any atom is 0.304 e. The zero-order valence-corrected chi connectivity index (χ0v) is 13.0. The lowest BCUT2D eigenvalue weighted by Crippen LogP contribution is -2.21. The van der Waals surface area contributed by atoms with E-state index in [2.05, 4.69) is 4.74 Å². The van der Waals surface area contributed by atoms with E-state index in [0.717, 1.165) is 12.3 Å². The fourth-order valence-electron chi connectivity index (χ4n) is 1.62. The van der Waals surface area contributed by atoms with Gasteiger partial charge in [0.15, 0.2) is 15.6 Å². The number of sulfone groups is 1. The Morgan fingerprint density at radius 2 is 1.86 bits per heavy atom. The van der Waals surface area contributed by atoms with Crippen molar-refractivity contribution in [2.75, 3.05) is 6.26 Å². The lowest BCUT2D eigenvalue weighted by atomic mass is 10.1. The predicted molar refractivity (Wildman–Crippen MR) is 71.0 cm³/mol. The number of ether oxygens (including phenoxy) is 1. The highest BCUT2D eigenvalue weighted by Crippen LogP contribution is 2.39. The highest BCUT2D eigenvalue weighted by Gasteiger charge is 2.30. The molecule has 0 aliphatic heterocycles. The van der Waals surface area contributed by atoms with Crippen LogP contribution in [0.25, 0.3) is 0 Å². The first-order valence-electron chi connectivity index (χ1n) is 5.28. The van der Waals surface area contributed by atoms with E-state index in [4.69, 9.17) is 23.2 Å². The third-order valence-corrected chi connectivity index (χ3v) is 4.20. The van der Waals surface area contributed by atoms with Crippen molar-refractivity contribution in [3.05, 3.63) is 22.2 Å². The van der Waals surface area contributed by atoms with Crippen LogP contribution in [-0.2, 0) is 9.84 Å². The van der Waals surface area contributed by atoms with Crippen molar-refractivity contribution >= 4 is 38.3 Å². The third kappa shape index (κ3) is 4.02. The summed E-state index contributed by atoms with van der Waals surface area (Å²) in [6, 6.07) is 1.05. The summed E-state index contributed by atoms with van der Waals surface area (Å²) in [4.78, 5) is 10.6. The summed E-state index contributed by atoms with van der Waals surface area (Å²) in [6.07, 6.45) is -5.87. The normalized spacial score (nSPS) is 13.3. The molecule has 1 unspecified atom stereocenters. The van der Waals surface area contributed by atoms with E-state index >= 15 is 0 Å². The number of alkyl halides is 3. The lowest BCUT2D eigenvalue weighted by molar-refractivity contribution is -0.0682. The molecule has 1 rings (SSSR count). The minimum Gasteiger partial charge on any atom is -0.451 e. The molecule has 0 saturated carbocycles. The van der Waals surface area contributed by atoms with Gasteiger partial charge in [-0.25, -0.2) is 17.2 Å². The van der Waals surface area contributed by atoms with Crippen LogP contribution in [-0.4, -0.2) is 32.7 Å². The molecule has 1 aromatic carbocycles. The average Bonchev–Trinajstić information content (AvgIpc) is 2.30. The summed E-state index contributed by atoms with van der Waals surface area (Å²) < 4.78 is 65.3. The molecular weight excluding hydrogens is 356 g/mol. The maximum atomic E-state index is 13.1. The van der Waals surface area contributed by atoms with Crippen molar-refractivity contribution in [3.8, 4) is 5.75 Å². The molecule has 0 aliphatic rings. The molecule has 10 heteroatoms. The highest BCUT2D eigenvalue weighted by atomic mass is 35.5. The zero-order valence-electron chi connectivity index (χ0n) is 10.7. The van der Waals surface area contributed by atoms with Crippen LogP contribution in [0.5, 0.6) is 5.75 Å². The Bertz CT molecular complexity index is 677. The lowest BCUT2D eigenvalue weighted by Gasteiger charge is -2.18. The molecule has 1 atom stereocenters. The minimum atomic E-state index is -3.98. The molecule has 0 saturated heterocycles. The second kappa shape index (κ2) is 6.41. The fraction of sp³-hybridized carbons (Fsp3) is 0.364. The zero-order chi connectivity index (χ0) is 16.5. The highest BCUT2D eigenvalue weighted by molar-refractivity contribution is 7.90. The predicted octanol–water partition coefficient (Wildman–Crippen LogP) is 3.37. The second-order valence-electron chi connectivity index (χ2n) is 4.06. The number of rotatable bonds is 5. The summed E-state index contributed by atoms with van der Waals surface area (Å²) in [7, 11) is -3.98. The van der Waals surface area contributed by atoms with Gasteiger partial charge in [0, 0.05) is 6.26 Å². The van der Waals surface area contributed by atoms with Crippen molar-refractivity contribution in [2.45, 2.75) is 24.6 Å². The van der Waals surface area contributed by atoms with Crippen LogP contribution in [0.4, 0.5) is 13.2 Å². The van der Waals surface area contributed by atoms with Gasteiger partial charge in [-0.15, -0.1) is 0 Å². The molecule has 0 radical (unpaired) electrons. The van der Waals surface area contributed by atoms with Gasteiger partial charge in [0.2, 0.25) is 0 Å². The molecule has 0 amide bonds. The Hall–Kier alpha value is -0.990. The number of benzene rings is 1. The number of hydrogen-bond acceptors (Lipinski definition) is 4. The van der Waals surface area contributed by atoms with Gasteiger partial charge in [0.1, 0.15) is 4.90 Å². The van der Waals surface area contributed by atoms with Crippen molar-refractivity contribution in [1.82, 2.24) is 0 Å². The van der Waals surface area contributed by atoms with Gasteiger partial charge in [0.05, 0.1) is 10.6 Å². The van der Waals surface area contributed by atoms with E-state index in [9.17, 15) is 26.4 Å². The van der Waals surface area contributed by atoms with Gasteiger partial charge in [-0.2, -0.15) is 4.39 Å². The summed E-state index contributed by atoms with van der Waals surface area (Å²) in [5, 5.41) is -1.72. The number of carbonyl (C=O) groups is 1. The number of carbonyl (C=O) groups excluding carboxylic acids is 1. The van der Waals surface area contributed by atoms with Crippen LogP contribution < -0.4 is 4.74 Å². The number of aryl methyl sites for hydroxylation is 1. The SMILES string of the molecule is Cc1cc(C(=O)Cl)c(Cl)c(OC(F)C(F)F)c1S(C)(=O)=O. The molecule has 0 bridgehead atoms. The van der Waals surface area contributed by atoms with Crippen molar-refractivity contribution in [2.24, 2.45) is 0 Å². The third-order valence-electron chi connectivity index (χ3n) is 2.37. The summed E-state index contributed by atoms with van der Waals surface area (Å²) >= 11 is 11.0. The molecule has 0 N–H and O–H groups in total.